The molecule has 4 nitrogen and oxygen atoms in total. The molecule has 1 aliphatic rings. The molecule has 0 aromatic carbocycles. The average Bonchev–Trinajstić information content (AvgIpc) is 2.84. The minimum Gasteiger partial charge on any atom is -0.373 e. The predicted molar refractivity (Wildman–Crippen MR) is 60.9 cm³/mol. The number of hydrogen-bond donors (Lipinski definition) is 1. The molecule has 0 spiro atoms. The molecule has 2 unspecified atom stereocenters. The smallest absolute Gasteiger partial charge is 0.139 e. The van der Waals surface area contributed by atoms with Gasteiger partial charge in [0.15, 0.2) is 0 Å². The van der Waals surface area contributed by atoms with E-state index in [0.29, 0.717) is 18.6 Å². The number of nitrogens with zero attached hydrogens (tertiary/aromatic N) is 1. The van der Waals surface area contributed by atoms with Gasteiger partial charge in [0.2, 0.25) is 0 Å². The molecule has 1 heterocycles. The summed E-state index contributed by atoms with van der Waals surface area (Å²) >= 11 is 0. The van der Waals surface area contributed by atoms with E-state index in [9.17, 15) is 0 Å². The molecule has 90 valence electrons. The molecule has 0 saturated heterocycles. The van der Waals surface area contributed by atoms with E-state index in [-0.39, 0.29) is 0 Å². The molecular weight excluding hydrogens is 204 g/mol. The Morgan fingerprint density at radius 1 is 1.44 bits per heavy atom. The van der Waals surface area contributed by atoms with Crippen molar-refractivity contribution in [3.8, 4) is 0 Å². The van der Waals surface area contributed by atoms with E-state index in [0.717, 1.165) is 30.0 Å². The Morgan fingerprint density at radius 2 is 2.25 bits per heavy atom. The van der Waals surface area contributed by atoms with E-state index in [1.54, 1.807) is 0 Å². The first-order chi connectivity index (χ1) is 7.72. The summed E-state index contributed by atoms with van der Waals surface area (Å²) in [6.45, 7) is 5.20. The molecule has 0 aliphatic heterocycles. The summed E-state index contributed by atoms with van der Waals surface area (Å²) in [5.74, 6) is 1.39. The van der Waals surface area contributed by atoms with Gasteiger partial charge in [-0.15, -0.1) is 0 Å². The van der Waals surface area contributed by atoms with Gasteiger partial charge in [0.25, 0.3) is 0 Å². The maximum atomic E-state index is 5.93. The topological polar surface area (TPSA) is 61.3 Å². The Hall–Kier alpha value is -0.870. The first kappa shape index (κ1) is 11.6. The van der Waals surface area contributed by atoms with Gasteiger partial charge in [0.1, 0.15) is 5.76 Å². The largest absolute Gasteiger partial charge is 0.373 e. The highest BCUT2D eigenvalue weighted by molar-refractivity contribution is 5.19. The molecule has 1 saturated carbocycles. The summed E-state index contributed by atoms with van der Waals surface area (Å²) in [5.41, 5.74) is 7.74. The Bertz CT molecular complexity index is 329. The molecule has 2 N–H and O–H groups in total. The van der Waals surface area contributed by atoms with Crippen LogP contribution in [-0.4, -0.2) is 17.8 Å². The van der Waals surface area contributed by atoms with Crippen molar-refractivity contribution in [2.45, 2.75) is 45.8 Å². The first-order valence-corrected chi connectivity index (χ1v) is 5.95. The number of aryl methyl sites for hydroxylation is 2. The van der Waals surface area contributed by atoms with Gasteiger partial charge in [-0.25, -0.2) is 0 Å². The van der Waals surface area contributed by atoms with Crippen LogP contribution in [0.4, 0.5) is 0 Å². The molecule has 1 aliphatic carbocycles. The summed E-state index contributed by atoms with van der Waals surface area (Å²) in [6, 6.07) is 0. The fraction of sp³-hybridized carbons (Fsp3) is 0.750. The van der Waals surface area contributed by atoms with Crippen molar-refractivity contribution < 1.29 is 9.26 Å². The quantitative estimate of drug-likeness (QED) is 0.849. The van der Waals surface area contributed by atoms with Crippen LogP contribution >= 0.6 is 0 Å². The molecule has 1 fully saturated rings. The van der Waals surface area contributed by atoms with Gasteiger partial charge in [-0.2, -0.15) is 0 Å². The summed E-state index contributed by atoms with van der Waals surface area (Å²) in [4.78, 5) is 0. The van der Waals surface area contributed by atoms with Crippen molar-refractivity contribution in [1.82, 2.24) is 5.16 Å². The van der Waals surface area contributed by atoms with Crippen LogP contribution in [0, 0.1) is 19.8 Å². The Kier molecular flexibility index (Phi) is 3.61. The average molecular weight is 224 g/mol. The lowest BCUT2D eigenvalue weighted by molar-refractivity contribution is 0.0175. The van der Waals surface area contributed by atoms with E-state index in [4.69, 9.17) is 15.0 Å². The molecule has 0 bridgehead atoms. The number of rotatable bonds is 4. The molecule has 4 heteroatoms. The van der Waals surface area contributed by atoms with Crippen LogP contribution in [0.5, 0.6) is 0 Å². The third kappa shape index (κ3) is 2.28. The van der Waals surface area contributed by atoms with Crippen LogP contribution in [0.15, 0.2) is 4.52 Å². The van der Waals surface area contributed by atoms with E-state index < -0.39 is 0 Å². The number of ether oxygens (including phenoxy) is 1. The van der Waals surface area contributed by atoms with Gasteiger partial charge in [-0.05, 0) is 39.2 Å². The molecule has 16 heavy (non-hydrogen) atoms. The third-order valence-corrected chi connectivity index (χ3v) is 3.52. The second kappa shape index (κ2) is 4.97. The van der Waals surface area contributed by atoms with E-state index in [2.05, 4.69) is 5.16 Å². The monoisotopic (exact) mass is 224 g/mol. The summed E-state index contributed by atoms with van der Waals surface area (Å²) in [7, 11) is 0. The van der Waals surface area contributed by atoms with Crippen LogP contribution in [0.1, 0.15) is 36.3 Å². The molecule has 1 aromatic rings. The van der Waals surface area contributed by atoms with Gasteiger partial charge in [-0.3, -0.25) is 0 Å². The highest BCUT2D eigenvalue weighted by Gasteiger charge is 2.27. The van der Waals surface area contributed by atoms with Crippen LogP contribution in [-0.2, 0) is 11.3 Å². The Labute approximate surface area is 96.1 Å². The van der Waals surface area contributed by atoms with Gasteiger partial charge in [-0.1, -0.05) is 11.6 Å². The van der Waals surface area contributed by atoms with Crippen molar-refractivity contribution >= 4 is 0 Å². The molecule has 2 rings (SSSR count). The zero-order valence-corrected chi connectivity index (χ0v) is 10.0. The number of aromatic nitrogens is 1. The zero-order valence-electron chi connectivity index (χ0n) is 10.0. The van der Waals surface area contributed by atoms with Crippen LogP contribution in [0.25, 0.3) is 0 Å². The summed E-state index contributed by atoms with van der Waals surface area (Å²) in [6.07, 6.45) is 3.88. The van der Waals surface area contributed by atoms with Crippen molar-refractivity contribution in [3.63, 3.8) is 0 Å². The maximum Gasteiger partial charge on any atom is 0.139 e. The SMILES string of the molecule is Cc1noc(C)c1COC1CCCC1CN. The maximum absolute atomic E-state index is 5.93. The van der Waals surface area contributed by atoms with Gasteiger partial charge in [0.05, 0.1) is 18.4 Å². The Balaban J connectivity index is 1.92. The second-order valence-electron chi connectivity index (χ2n) is 4.58. The van der Waals surface area contributed by atoms with Crippen molar-refractivity contribution in [2.75, 3.05) is 6.54 Å². The van der Waals surface area contributed by atoms with Crippen molar-refractivity contribution in [1.29, 1.82) is 0 Å². The highest BCUT2D eigenvalue weighted by atomic mass is 16.5. The lowest BCUT2D eigenvalue weighted by Crippen LogP contribution is -2.25. The summed E-state index contributed by atoms with van der Waals surface area (Å²) < 4.78 is 11.0. The van der Waals surface area contributed by atoms with E-state index >= 15 is 0 Å². The standard InChI is InChI=1S/C12H20N2O2/c1-8-11(9(2)16-14-8)7-15-12-5-3-4-10(12)6-13/h10,12H,3-7,13H2,1-2H3. The number of hydrogen-bond acceptors (Lipinski definition) is 4. The van der Waals surface area contributed by atoms with Gasteiger partial charge < -0.3 is 15.0 Å². The molecule has 0 amide bonds. The molecule has 2 atom stereocenters. The summed E-state index contributed by atoms with van der Waals surface area (Å²) in [5, 5.41) is 3.92. The molecule has 0 radical (unpaired) electrons. The Morgan fingerprint density at radius 3 is 2.88 bits per heavy atom. The fourth-order valence-electron chi connectivity index (χ4n) is 2.39. The molecular formula is C12H20N2O2. The fourth-order valence-corrected chi connectivity index (χ4v) is 2.39. The zero-order chi connectivity index (χ0) is 11.5. The lowest BCUT2D eigenvalue weighted by atomic mass is 10.1. The minimum absolute atomic E-state index is 0.318. The minimum atomic E-state index is 0.318. The van der Waals surface area contributed by atoms with Crippen molar-refractivity contribution in [2.24, 2.45) is 11.7 Å². The van der Waals surface area contributed by atoms with Gasteiger partial charge >= 0.3 is 0 Å². The van der Waals surface area contributed by atoms with E-state index in [1.807, 2.05) is 13.8 Å². The van der Waals surface area contributed by atoms with Crippen molar-refractivity contribution in [3.05, 3.63) is 17.0 Å². The normalized spacial score (nSPS) is 25.2. The highest BCUT2D eigenvalue weighted by Crippen LogP contribution is 2.28. The van der Waals surface area contributed by atoms with Gasteiger partial charge in [0, 0.05) is 5.56 Å². The van der Waals surface area contributed by atoms with Crippen LogP contribution in [0.2, 0.25) is 0 Å². The van der Waals surface area contributed by atoms with E-state index in [1.165, 1.54) is 12.8 Å². The molecule has 1 aromatic heterocycles. The number of nitrogens with two attached hydrogens (primary N) is 1. The lowest BCUT2D eigenvalue weighted by Gasteiger charge is -2.18. The van der Waals surface area contributed by atoms with Crippen LogP contribution in [0.3, 0.4) is 0 Å². The third-order valence-electron chi connectivity index (χ3n) is 3.52. The van der Waals surface area contributed by atoms with Crippen LogP contribution < -0.4 is 5.73 Å². The second-order valence-corrected chi connectivity index (χ2v) is 4.58. The first-order valence-electron chi connectivity index (χ1n) is 5.95. The predicted octanol–water partition coefficient (Wildman–Crippen LogP) is 1.94.